The van der Waals surface area contributed by atoms with E-state index >= 15 is 0 Å². The highest BCUT2D eigenvalue weighted by Gasteiger charge is 2.21. The van der Waals surface area contributed by atoms with Crippen LogP contribution in [-0.4, -0.2) is 28.1 Å². The predicted molar refractivity (Wildman–Crippen MR) is 79.6 cm³/mol. The standard InChI is InChI=1S/C16H15N3O2/c1-10(15(20)16-17-9-18-19-16)13-5-3-4-11-8-12(21-2)6-7-14(11)13/h3-10H,1-2H3,(H,17,18,19). The molecule has 1 unspecified atom stereocenters. The Bertz CT molecular complexity index is 781. The lowest BCUT2D eigenvalue weighted by atomic mass is 9.91. The summed E-state index contributed by atoms with van der Waals surface area (Å²) < 4.78 is 5.24. The number of hydrogen-bond donors (Lipinski definition) is 1. The van der Waals surface area contributed by atoms with Gasteiger partial charge in [0, 0.05) is 5.92 Å². The molecule has 0 fully saturated rings. The molecule has 0 aliphatic carbocycles. The number of nitrogens with zero attached hydrogens (tertiary/aromatic N) is 2. The van der Waals surface area contributed by atoms with Gasteiger partial charge in [0.15, 0.2) is 5.82 Å². The lowest BCUT2D eigenvalue weighted by Gasteiger charge is -2.13. The van der Waals surface area contributed by atoms with Gasteiger partial charge >= 0.3 is 0 Å². The molecule has 3 aromatic rings. The van der Waals surface area contributed by atoms with E-state index in [0.717, 1.165) is 22.1 Å². The van der Waals surface area contributed by atoms with Crippen LogP contribution in [0.25, 0.3) is 10.8 Å². The predicted octanol–water partition coefficient (Wildman–Crippen LogP) is 2.95. The summed E-state index contributed by atoms with van der Waals surface area (Å²) in [6.45, 7) is 1.88. The quantitative estimate of drug-likeness (QED) is 0.746. The number of hydrogen-bond acceptors (Lipinski definition) is 4. The second kappa shape index (κ2) is 5.36. The van der Waals surface area contributed by atoms with Crippen LogP contribution in [0.1, 0.15) is 29.0 Å². The van der Waals surface area contributed by atoms with E-state index in [2.05, 4.69) is 15.2 Å². The second-order valence-electron chi connectivity index (χ2n) is 4.85. The van der Waals surface area contributed by atoms with Crippen molar-refractivity contribution >= 4 is 16.6 Å². The van der Waals surface area contributed by atoms with E-state index in [9.17, 15) is 4.79 Å². The fourth-order valence-electron chi connectivity index (χ4n) is 2.46. The van der Waals surface area contributed by atoms with E-state index in [1.54, 1.807) is 7.11 Å². The van der Waals surface area contributed by atoms with E-state index in [-0.39, 0.29) is 17.5 Å². The molecule has 0 amide bonds. The normalized spacial score (nSPS) is 12.3. The van der Waals surface area contributed by atoms with Crippen LogP contribution in [0.5, 0.6) is 5.75 Å². The Hall–Kier alpha value is -2.69. The number of Topliss-reactive ketones (excluding diaryl/α,β-unsaturated/α-hetero) is 1. The molecule has 0 saturated heterocycles. The molecule has 2 aromatic carbocycles. The number of rotatable bonds is 4. The van der Waals surface area contributed by atoms with Gasteiger partial charge in [-0.1, -0.05) is 31.2 Å². The van der Waals surface area contributed by atoms with Crippen LogP contribution in [0.4, 0.5) is 0 Å². The molecule has 0 aliphatic heterocycles. The van der Waals surface area contributed by atoms with Crippen LogP contribution in [0.3, 0.4) is 0 Å². The summed E-state index contributed by atoms with van der Waals surface area (Å²) >= 11 is 0. The maximum absolute atomic E-state index is 12.4. The van der Waals surface area contributed by atoms with Gasteiger partial charge in [-0.2, -0.15) is 5.10 Å². The molecule has 21 heavy (non-hydrogen) atoms. The van der Waals surface area contributed by atoms with Crippen LogP contribution >= 0.6 is 0 Å². The van der Waals surface area contributed by atoms with Crippen LogP contribution < -0.4 is 4.74 Å². The van der Waals surface area contributed by atoms with Crippen molar-refractivity contribution in [1.82, 2.24) is 15.2 Å². The van der Waals surface area contributed by atoms with Crippen LogP contribution in [-0.2, 0) is 0 Å². The highest BCUT2D eigenvalue weighted by atomic mass is 16.5. The zero-order chi connectivity index (χ0) is 14.8. The topological polar surface area (TPSA) is 67.9 Å². The maximum Gasteiger partial charge on any atom is 0.206 e. The van der Waals surface area contributed by atoms with Gasteiger partial charge < -0.3 is 4.74 Å². The molecule has 0 spiro atoms. The second-order valence-corrected chi connectivity index (χ2v) is 4.85. The summed E-state index contributed by atoms with van der Waals surface area (Å²) in [4.78, 5) is 16.3. The van der Waals surface area contributed by atoms with Crippen molar-refractivity contribution in [2.75, 3.05) is 7.11 Å². The smallest absolute Gasteiger partial charge is 0.206 e. The number of ketones is 1. The zero-order valence-electron chi connectivity index (χ0n) is 11.8. The summed E-state index contributed by atoms with van der Waals surface area (Å²) in [5.74, 6) is 0.716. The molecule has 1 aromatic heterocycles. The third-order valence-corrected chi connectivity index (χ3v) is 3.63. The highest BCUT2D eigenvalue weighted by Crippen LogP contribution is 2.29. The van der Waals surface area contributed by atoms with E-state index < -0.39 is 0 Å². The zero-order valence-corrected chi connectivity index (χ0v) is 11.8. The maximum atomic E-state index is 12.4. The minimum absolute atomic E-state index is 0.0733. The number of ether oxygens (including phenoxy) is 1. The summed E-state index contributed by atoms with van der Waals surface area (Å²) in [5, 5.41) is 8.44. The average Bonchev–Trinajstić information content (AvgIpc) is 3.06. The number of carbonyl (C=O) groups excluding carboxylic acids is 1. The van der Waals surface area contributed by atoms with Gasteiger partial charge in [-0.05, 0) is 28.5 Å². The molecule has 5 heteroatoms. The van der Waals surface area contributed by atoms with Crippen LogP contribution in [0.2, 0.25) is 0 Å². The minimum Gasteiger partial charge on any atom is -0.497 e. The fraction of sp³-hybridized carbons (Fsp3) is 0.188. The van der Waals surface area contributed by atoms with Crippen molar-refractivity contribution in [3.63, 3.8) is 0 Å². The lowest BCUT2D eigenvalue weighted by molar-refractivity contribution is 0.0957. The van der Waals surface area contributed by atoms with Crippen molar-refractivity contribution in [2.24, 2.45) is 0 Å². The number of fused-ring (bicyclic) bond motifs is 1. The van der Waals surface area contributed by atoms with E-state index in [4.69, 9.17) is 4.74 Å². The molecule has 0 aliphatic rings. The third kappa shape index (κ3) is 2.38. The number of carbonyl (C=O) groups is 1. The number of methoxy groups -OCH3 is 1. The first-order chi connectivity index (χ1) is 10.2. The Balaban J connectivity index is 2.05. The molecular formula is C16H15N3O2. The monoisotopic (exact) mass is 281 g/mol. The highest BCUT2D eigenvalue weighted by molar-refractivity contribution is 6.01. The van der Waals surface area contributed by atoms with Crippen molar-refractivity contribution in [1.29, 1.82) is 0 Å². The molecule has 0 radical (unpaired) electrons. The molecule has 1 N–H and O–H groups in total. The summed E-state index contributed by atoms with van der Waals surface area (Å²) in [7, 11) is 1.64. The first-order valence-electron chi connectivity index (χ1n) is 6.67. The van der Waals surface area contributed by atoms with E-state index in [1.165, 1.54) is 6.33 Å². The number of aromatic amines is 1. The summed E-state index contributed by atoms with van der Waals surface area (Å²) in [5.41, 5.74) is 0.969. The molecule has 1 heterocycles. The van der Waals surface area contributed by atoms with E-state index in [0.29, 0.717) is 0 Å². The van der Waals surface area contributed by atoms with Crippen LogP contribution in [0, 0.1) is 0 Å². The van der Waals surface area contributed by atoms with Crippen LogP contribution in [0.15, 0.2) is 42.7 Å². The molecule has 1 atom stereocenters. The number of H-pyrrole nitrogens is 1. The van der Waals surface area contributed by atoms with Crippen molar-refractivity contribution in [3.05, 3.63) is 54.1 Å². The largest absolute Gasteiger partial charge is 0.497 e. The van der Waals surface area contributed by atoms with Gasteiger partial charge in [-0.25, -0.2) is 4.98 Å². The number of nitrogens with one attached hydrogen (secondary N) is 1. The third-order valence-electron chi connectivity index (χ3n) is 3.63. The molecule has 3 rings (SSSR count). The SMILES string of the molecule is COc1ccc2c(C(C)C(=O)c3ncn[nH]3)cccc2c1. The molecule has 5 nitrogen and oxygen atoms in total. The lowest BCUT2D eigenvalue weighted by Crippen LogP contribution is -2.12. The van der Waals surface area contributed by atoms with Crippen molar-refractivity contribution < 1.29 is 9.53 Å². The Morgan fingerprint density at radius 1 is 1.29 bits per heavy atom. The van der Waals surface area contributed by atoms with Crippen molar-refractivity contribution in [2.45, 2.75) is 12.8 Å². The Kier molecular flexibility index (Phi) is 3.39. The molecule has 0 saturated carbocycles. The fourth-order valence-corrected chi connectivity index (χ4v) is 2.46. The first-order valence-corrected chi connectivity index (χ1v) is 6.67. The number of aromatic nitrogens is 3. The van der Waals surface area contributed by atoms with Gasteiger partial charge in [0.25, 0.3) is 0 Å². The van der Waals surface area contributed by atoms with Gasteiger partial charge in [0.2, 0.25) is 5.78 Å². The van der Waals surface area contributed by atoms with E-state index in [1.807, 2.05) is 43.3 Å². The summed E-state index contributed by atoms with van der Waals surface area (Å²) in [6.07, 6.45) is 1.34. The van der Waals surface area contributed by atoms with Gasteiger partial charge in [-0.15, -0.1) is 0 Å². The molecule has 0 bridgehead atoms. The van der Waals surface area contributed by atoms with Gasteiger partial charge in [-0.3, -0.25) is 9.89 Å². The van der Waals surface area contributed by atoms with Gasteiger partial charge in [0.1, 0.15) is 12.1 Å². The Labute approximate surface area is 122 Å². The Morgan fingerprint density at radius 2 is 2.14 bits per heavy atom. The minimum atomic E-state index is -0.296. The summed E-state index contributed by atoms with van der Waals surface area (Å²) in [6, 6.07) is 11.8. The molecule has 106 valence electrons. The van der Waals surface area contributed by atoms with Gasteiger partial charge in [0.05, 0.1) is 7.11 Å². The molecular weight excluding hydrogens is 266 g/mol. The first kappa shape index (κ1) is 13.3. The Morgan fingerprint density at radius 3 is 2.86 bits per heavy atom. The average molecular weight is 281 g/mol. The van der Waals surface area contributed by atoms with Crippen molar-refractivity contribution in [3.8, 4) is 5.75 Å². The number of benzene rings is 2.